The van der Waals surface area contributed by atoms with Gasteiger partial charge in [-0.15, -0.1) is 0 Å². The molecule has 1 aliphatic rings. The highest BCUT2D eigenvalue weighted by molar-refractivity contribution is 5.77. The Morgan fingerprint density at radius 1 is 1.25 bits per heavy atom. The molecule has 4 rings (SSSR count). The SMILES string of the molecule is CCCCNC(=O)C[C@H](c1ccc2c(c1)OCO2)c1cnc2cc(C)ccn12. The quantitative estimate of drug-likeness (QED) is 0.634. The molecule has 146 valence electrons. The van der Waals surface area contributed by atoms with Crippen molar-refractivity contribution in [2.24, 2.45) is 0 Å². The van der Waals surface area contributed by atoms with Crippen LogP contribution in [0, 0.1) is 6.92 Å². The average molecular weight is 379 g/mol. The molecule has 3 heterocycles. The molecule has 1 aromatic carbocycles. The van der Waals surface area contributed by atoms with Gasteiger partial charge in [-0.3, -0.25) is 4.79 Å². The Hall–Kier alpha value is -3.02. The normalized spacial score (nSPS) is 13.6. The van der Waals surface area contributed by atoms with Crippen LogP contribution in [-0.2, 0) is 4.79 Å². The second-order valence-corrected chi connectivity index (χ2v) is 7.19. The van der Waals surface area contributed by atoms with Crippen LogP contribution in [0.2, 0.25) is 0 Å². The van der Waals surface area contributed by atoms with Crippen molar-refractivity contribution in [3.05, 3.63) is 59.5 Å². The first-order valence-corrected chi connectivity index (χ1v) is 9.75. The minimum Gasteiger partial charge on any atom is -0.454 e. The summed E-state index contributed by atoms with van der Waals surface area (Å²) in [4.78, 5) is 17.2. The number of nitrogens with one attached hydrogen (secondary N) is 1. The third kappa shape index (κ3) is 3.67. The van der Waals surface area contributed by atoms with Gasteiger partial charge in [0.2, 0.25) is 12.7 Å². The van der Waals surface area contributed by atoms with E-state index in [-0.39, 0.29) is 18.6 Å². The van der Waals surface area contributed by atoms with Crippen LogP contribution >= 0.6 is 0 Å². The molecule has 28 heavy (non-hydrogen) atoms. The van der Waals surface area contributed by atoms with E-state index >= 15 is 0 Å². The predicted octanol–water partition coefficient (Wildman–Crippen LogP) is 3.81. The van der Waals surface area contributed by atoms with Gasteiger partial charge in [0.1, 0.15) is 5.65 Å². The number of carbonyl (C=O) groups excluding carboxylic acids is 1. The van der Waals surface area contributed by atoms with E-state index < -0.39 is 0 Å². The minimum atomic E-state index is -0.131. The summed E-state index contributed by atoms with van der Waals surface area (Å²) < 4.78 is 13.0. The number of aryl methyl sites for hydroxylation is 1. The third-order valence-electron chi connectivity index (χ3n) is 5.10. The maximum atomic E-state index is 12.6. The fourth-order valence-corrected chi connectivity index (χ4v) is 3.55. The summed E-state index contributed by atoms with van der Waals surface area (Å²) in [6.45, 7) is 5.10. The summed E-state index contributed by atoms with van der Waals surface area (Å²) >= 11 is 0. The number of rotatable bonds is 7. The van der Waals surface area contributed by atoms with E-state index in [0.717, 1.165) is 46.8 Å². The van der Waals surface area contributed by atoms with Crippen LogP contribution in [0.25, 0.3) is 5.65 Å². The Morgan fingerprint density at radius 2 is 2.11 bits per heavy atom. The molecule has 0 saturated heterocycles. The van der Waals surface area contributed by atoms with Crippen molar-refractivity contribution >= 4 is 11.6 Å². The standard InChI is InChI=1S/C22H25N3O3/c1-3-4-8-23-22(26)12-17(16-5-6-19-20(11-16)28-14-27-19)18-13-24-21-10-15(2)7-9-25(18)21/h5-7,9-11,13,17H,3-4,8,12,14H2,1-2H3,(H,23,26)/t17-/m1/s1. The summed E-state index contributed by atoms with van der Waals surface area (Å²) in [5.41, 5.74) is 4.03. The number of aromatic nitrogens is 2. The Balaban J connectivity index is 1.69. The van der Waals surface area contributed by atoms with Gasteiger partial charge in [0, 0.05) is 31.3 Å². The number of nitrogens with zero attached hydrogens (tertiary/aromatic N) is 2. The Labute approximate surface area is 164 Å². The van der Waals surface area contributed by atoms with Gasteiger partial charge >= 0.3 is 0 Å². The highest BCUT2D eigenvalue weighted by Gasteiger charge is 2.24. The average Bonchev–Trinajstić information content (AvgIpc) is 3.32. The molecule has 0 unspecified atom stereocenters. The molecule has 2 aromatic heterocycles. The van der Waals surface area contributed by atoms with Gasteiger partial charge in [0.05, 0.1) is 5.69 Å². The van der Waals surface area contributed by atoms with Gasteiger partial charge < -0.3 is 19.2 Å². The maximum Gasteiger partial charge on any atom is 0.231 e. The van der Waals surface area contributed by atoms with E-state index in [4.69, 9.17) is 9.47 Å². The molecule has 0 radical (unpaired) electrons. The first-order valence-electron chi connectivity index (χ1n) is 9.75. The van der Waals surface area contributed by atoms with E-state index in [1.54, 1.807) is 0 Å². The number of hydrogen-bond donors (Lipinski definition) is 1. The second kappa shape index (κ2) is 7.92. The number of amides is 1. The van der Waals surface area contributed by atoms with E-state index in [1.807, 2.05) is 43.6 Å². The van der Waals surface area contributed by atoms with Crippen molar-refractivity contribution < 1.29 is 14.3 Å². The summed E-state index contributed by atoms with van der Waals surface area (Å²) in [6.07, 6.45) is 6.27. The molecule has 6 heteroatoms. The molecule has 0 aliphatic carbocycles. The van der Waals surface area contributed by atoms with Crippen LogP contribution in [0.4, 0.5) is 0 Å². The molecule has 1 atom stereocenters. The zero-order valence-electron chi connectivity index (χ0n) is 16.3. The largest absolute Gasteiger partial charge is 0.454 e. The number of benzene rings is 1. The van der Waals surface area contributed by atoms with Gasteiger partial charge in [0.15, 0.2) is 11.5 Å². The molecule has 1 amide bonds. The molecule has 0 saturated carbocycles. The lowest BCUT2D eigenvalue weighted by molar-refractivity contribution is -0.121. The van der Waals surface area contributed by atoms with E-state index in [2.05, 4.69) is 27.7 Å². The van der Waals surface area contributed by atoms with E-state index in [1.165, 1.54) is 0 Å². The molecule has 0 bridgehead atoms. The van der Waals surface area contributed by atoms with Gasteiger partial charge in [0.25, 0.3) is 0 Å². The molecular formula is C22H25N3O3. The lowest BCUT2D eigenvalue weighted by Gasteiger charge is -2.18. The van der Waals surface area contributed by atoms with E-state index in [0.29, 0.717) is 13.0 Å². The fraction of sp³-hybridized carbons (Fsp3) is 0.364. The molecule has 3 aromatic rings. The van der Waals surface area contributed by atoms with Gasteiger partial charge in [-0.2, -0.15) is 0 Å². The van der Waals surface area contributed by atoms with Crippen molar-refractivity contribution in [2.75, 3.05) is 13.3 Å². The van der Waals surface area contributed by atoms with Crippen molar-refractivity contribution in [1.29, 1.82) is 0 Å². The van der Waals surface area contributed by atoms with Crippen LogP contribution < -0.4 is 14.8 Å². The number of carbonyl (C=O) groups is 1. The monoisotopic (exact) mass is 379 g/mol. The Morgan fingerprint density at radius 3 is 2.96 bits per heavy atom. The zero-order chi connectivity index (χ0) is 19.5. The van der Waals surface area contributed by atoms with Gasteiger partial charge in [-0.05, 0) is 48.7 Å². The third-order valence-corrected chi connectivity index (χ3v) is 5.10. The summed E-state index contributed by atoms with van der Waals surface area (Å²) in [5, 5.41) is 3.03. The zero-order valence-corrected chi connectivity index (χ0v) is 16.3. The molecule has 0 fully saturated rings. The van der Waals surface area contributed by atoms with Gasteiger partial charge in [-0.1, -0.05) is 19.4 Å². The van der Waals surface area contributed by atoms with Crippen molar-refractivity contribution in [3.63, 3.8) is 0 Å². The Kier molecular flexibility index (Phi) is 5.19. The van der Waals surface area contributed by atoms with Crippen LogP contribution in [0.1, 0.15) is 48.9 Å². The number of ether oxygens (including phenoxy) is 2. The molecular weight excluding hydrogens is 354 g/mol. The first kappa shape index (κ1) is 18.3. The summed E-state index contributed by atoms with van der Waals surface area (Å²) in [6, 6.07) is 9.98. The van der Waals surface area contributed by atoms with Crippen LogP contribution in [-0.4, -0.2) is 28.6 Å². The second-order valence-electron chi connectivity index (χ2n) is 7.19. The fourth-order valence-electron chi connectivity index (χ4n) is 3.55. The van der Waals surface area contributed by atoms with Crippen LogP contribution in [0.15, 0.2) is 42.7 Å². The molecule has 0 spiro atoms. The lowest BCUT2D eigenvalue weighted by atomic mass is 9.92. The summed E-state index contributed by atoms with van der Waals surface area (Å²) in [5.74, 6) is 1.37. The number of pyridine rings is 1. The van der Waals surface area contributed by atoms with Crippen molar-refractivity contribution in [2.45, 2.75) is 39.0 Å². The van der Waals surface area contributed by atoms with E-state index in [9.17, 15) is 4.79 Å². The highest BCUT2D eigenvalue weighted by Crippen LogP contribution is 2.37. The lowest BCUT2D eigenvalue weighted by Crippen LogP contribution is -2.26. The Bertz CT molecular complexity index is 996. The minimum absolute atomic E-state index is 0.0400. The van der Waals surface area contributed by atoms with Gasteiger partial charge in [-0.25, -0.2) is 4.98 Å². The number of hydrogen-bond acceptors (Lipinski definition) is 4. The molecule has 6 nitrogen and oxygen atoms in total. The summed E-state index contributed by atoms with van der Waals surface area (Å²) in [7, 11) is 0. The van der Waals surface area contributed by atoms with Crippen LogP contribution in [0.3, 0.4) is 0 Å². The topological polar surface area (TPSA) is 64.9 Å². The van der Waals surface area contributed by atoms with Crippen LogP contribution in [0.5, 0.6) is 11.5 Å². The smallest absolute Gasteiger partial charge is 0.231 e. The van der Waals surface area contributed by atoms with Crippen molar-refractivity contribution in [3.8, 4) is 11.5 Å². The number of imidazole rings is 1. The first-order chi connectivity index (χ1) is 13.7. The maximum absolute atomic E-state index is 12.6. The molecule has 1 N–H and O–H groups in total. The highest BCUT2D eigenvalue weighted by atomic mass is 16.7. The predicted molar refractivity (Wildman–Crippen MR) is 107 cm³/mol. The van der Waals surface area contributed by atoms with Crippen molar-refractivity contribution in [1.82, 2.24) is 14.7 Å². The number of unbranched alkanes of at least 4 members (excludes halogenated alkanes) is 1. The number of fused-ring (bicyclic) bond motifs is 2. The molecule has 1 aliphatic heterocycles.